The molecule has 1 atom stereocenters. The number of nitrogens with two attached hydrogens (primary N) is 1. The minimum atomic E-state index is -0.454. The quantitative estimate of drug-likeness (QED) is 0.545. The van der Waals surface area contributed by atoms with Gasteiger partial charge in [-0.25, -0.2) is 0 Å². The van der Waals surface area contributed by atoms with Crippen molar-refractivity contribution in [3.8, 4) is 0 Å². The van der Waals surface area contributed by atoms with Crippen LogP contribution in [0.25, 0.3) is 0 Å². The second-order valence-corrected chi connectivity index (χ2v) is 2.55. The van der Waals surface area contributed by atoms with Crippen LogP contribution in [0.2, 0.25) is 0 Å². The number of hydrogen-bond acceptors (Lipinski definition) is 4. The number of primary amides is 1. The first-order valence-corrected chi connectivity index (χ1v) is 4.30. The van der Waals surface area contributed by atoms with E-state index in [0.29, 0.717) is 13.0 Å². The molecule has 5 heteroatoms. The van der Waals surface area contributed by atoms with Crippen molar-refractivity contribution < 1.29 is 14.3 Å². The molecule has 0 aliphatic rings. The summed E-state index contributed by atoms with van der Waals surface area (Å²) in [7, 11) is 0. The summed E-state index contributed by atoms with van der Waals surface area (Å²) in [5, 5.41) is 2.70. The molecule has 0 radical (unpaired) electrons. The number of carbonyl (C=O) groups is 2. The SMILES string of the molecule is CCOC(=O)CNC(CC)C(N)=O. The van der Waals surface area contributed by atoms with E-state index in [-0.39, 0.29) is 12.5 Å². The van der Waals surface area contributed by atoms with Gasteiger partial charge in [0.15, 0.2) is 0 Å². The molecule has 0 fully saturated rings. The maximum absolute atomic E-state index is 10.8. The molecule has 0 saturated heterocycles. The van der Waals surface area contributed by atoms with Gasteiger partial charge in [-0.15, -0.1) is 0 Å². The fourth-order valence-corrected chi connectivity index (χ4v) is 0.865. The Morgan fingerprint density at radius 1 is 1.46 bits per heavy atom. The number of hydrogen-bond donors (Lipinski definition) is 2. The van der Waals surface area contributed by atoms with Crippen LogP contribution in [-0.4, -0.2) is 31.1 Å². The topological polar surface area (TPSA) is 81.4 Å². The lowest BCUT2D eigenvalue weighted by molar-refractivity contribution is -0.142. The fraction of sp³-hybridized carbons (Fsp3) is 0.750. The Bertz CT molecular complexity index is 182. The lowest BCUT2D eigenvalue weighted by Crippen LogP contribution is -2.43. The number of esters is 1. The van der Waals surface area contributed by atoms with Gasteiger partial charge in [0.05, 0.1) is 19.2 Å². The summed E-state index contributed by atoms with van der Waals surface area (Å²) in [4.78, 5) is 21.6. The minimum absolute atomic E-state index is 0.0231. The van der Waals surface area contributed by atoms with Crippen LogP contribution in [0.4, 0.5) is 0 Å². The summed E-state index contributed by atoms with van der Waals surface area (Å²) in [6, 6.07) is -0.454. The Labute approximate surface area is 77.6 Å². The lowest BCUT2D eigenvalue weighted by atomic mass is 10.2. The lowest BCUT2D eigenvalue weighted by Gasteiger charge is -2.11. The molecule has 0 spiro atoms. The highest BCUT2D eigenvalue weighted by molar-refractivity contribution is 5.80. The van der Waals surface area contributed by atoms with Crippen LogP contribution < -0.4 is 11.1 Å². The molecule has 0 aromatic rings. The van der Waals surface area contributed by atoms with Gasteiger partial charge in [0, 0.05) is 0 Å². The van der Waals surface area contributed by atoms with Crippen LogP contribution in [-0.2, 0) is 14.3 Å². The molecule has 0 saturated carbocycles. The molecule has 0 rings (SSSR count). The fourth-order valence-electron chi connectivity index (χ4n) is 0.865. The van der Waals surface area contributed by atoms with Gasteiger partial charge in [0.2, 0.25) is 5.91 Å². The zero-order valence-corrected chi connectivity index (χ0v) is 8.00. The van der Waals surface area contributed by atoms with Crippen molar-refractivity contribution in [2.45, 2.75) is 26.3 Å². The number of rotatable bonds is 6. The molecule has 76 valence electrons. The molecule has 0 heterocycles. The Morgan fingerprint density at radius 2 is 2.08 bits per heavy atom. The Hall–Kier alpha value is -1.10. The molecule has 13 heavy (non-hydrogen) atoms. The standard InChI is InChI=1S/C8H16N2O3/c1-3-6(8(9)12)10-5-7(11)13-4-2/h6,10H,3-5H2,1-2H3,(H2,9,12). The van der Waals surface area contributed by atoms with E-state index in [2.05, 4.69) is 10.1 Å². The van der Waals surface area contributed by atoms with Crippen molar-refractivity contribution in [1.82, 2.24) is 5.32 Å². The maximum Gasteiger partial charge on any atom is 0.319 e. The summed E-state index contributed by atoms with van der Waals surface area (Å²) in [5.74, 6) is -0.825. The number of amides is 1. The Kier molecular flexibility index (Phi) is 5.88. The van der Waals surface area contributed by atoms with Gasteiger partial charge in [0.1, 0.15) is 0 Å². The van der Waals surface area contributed by atoms with Gasteiger partial charge in [-0.1, -0.05) is 6.92 Å². The third kappa shape index (κ3) is 5.19. The summed E-state index contributed by atoms with van der Waals surface area (Å²) < 4.78 is 4.66. The van der Waals surface area contributed by atoms with Gasteiger partial charge in [-0.05, 0) is 13.3 Å². The van der Waals surface area contributed by atoms with Gasteiger partial charge >= 0.3 is 5.97 Å². The zero-order valence-electron chi connectivity index (χ0n) is 8.00. The highest BCUT2D eigenvalue weighted by Gasteiger charge is 2.13. The van der Waals surface area contributed by atoms with E-state index >= 15 is 0 Å². The monoisotopic (exact) mass is 188 g/mol. The van der Waals surface area contributed by atoms with Crippen molar-refractivity contribution in [3.05, 3.63) is 0 Å². The molecular weight excluding hydrogens is 172 g/mol. The highest BCUT2D eigenvalue weighted by atomic mass is 16.5. The third-order valence-corrected chi connectivity index (χ3v) is 1.55. The number of carbonyl (C=O) groups excluding carboxylic acids is 2. The second kappa shape index (κ2) is 6.42. The molecule has 5 nitrogen and oxygen atoms in total. The van der Waals surface area contributed by atoms with Gasteiger partial charge in [-0.2, -0.15) is 0 Å². The first-order valence-electron chi connectivity index (χ1n) is 4.30. The van der Waals surface area contributed by atoms with Crippen LogP contribution in [0.3, 0.4) is 0 Å². The van der Waals surface area contributed by atoms with Crippen molar-refractivity contribution in [2.24, 2.45) is 5.73 Å². The average molecular weight is 188 g/mol. The first-order chi connectivity index (χ1) is 6.11. The summed E-state index contributed by atoms with van der Waals surface area (Å²) in [5.41, 5.74) is 5.05. The molecule has 0 aliphatic carbocycles. The van der Waals surface area contributed by atoms with E-state index in [4.69, 9.17) is 5.73 Å². The van der Waals surface area contributed by atoms with E-state index in [0.717, 1.165) is 0 Å². The molecule has 3 N–H and O–H groups in total. The molecule has 1 unspecified atom stereocenters. The predicted octanol–water partition coefficient (Wildman–Crippen LogP) is -0.597. The normalized spacial score (nSPS) is 12.2. The Morgan fingerprint density at radius 3 is 2.46 bits per heavy atom. The zero-order chi connectivity index (χ0) is 10.3. The molecular formula is C8H16N2O3. The molecule has 0 bridgehead atoms. The van der Waals surface area contributed by atoms with Crippen LogP contribution in [0, 0.1) is 0 Å². The minimum Gasteiger partial charge on any atom is -0.465 e. The highest BCUT2D eigenvalue weighted by Crippen LogP contribution is 1.88. The average Bonchev–Trinajstić information content (AvgIpc) is 2.05. The van der Waals surface area contributed by atoms with Gasteiger partial charge < -0.3 is 10.5 Å². The van der Waals surface area contributed by atoms with Crippen LogP contribution in [0.5, 0.6) is 0 Å². The molecule has 0 aliphatic heterocycles. The Balaban J connectivity index is 3.72. The largest absolute Gasteiger partial charge is 0.465 e. The number of ether oxygens (including phenoxy) is 1. The van der Waals surface area contributed by atoms with E-state index in [9.17, 15) is 9.59 Å². The summed E-state index contributed by atoms with van der Waals surface area (Å²) in [6.07, 6.45) is 0.564. The first kappa shape index (κ1) is 11.9. The smallest absolute Gasteiger partial charge is 0.319 e. The predicted molar refractivity (Wildman–Crippen MR) is 47.9 cm³/mol. The number of nitrogens with one attached hydrogen (secondary N) is 1. The molecule has 0 aromatic carbocycles. The van der Waals surface area contributed by atoms with Crippen molar-refractivity contribution in [3.63, 3.8) is 0 Å². The van der Waals surface area contributed by atoms with E-state index in [1.807, 2.05) is 6.92 Å². The van der Waals surface area contributed by atoms with Crippen molar-refractivity contribution in [1.29, 1.82) is 0 Å². The maximum atomic E-state index is 10.8. The molecule has 1 amide bonds. The van der Waals surface area contributed by atoms with Crippen molar-refractivity contribution >= 4 is 11.9 Å². The van der Waals surface area contributed by atoms with Crippen molar-refractivity contribution in [2.75, 3.05) is 13.2 Å². The summed E-state index contributed by atoms with van der Waals surface area (Å²) in [6.45, 7) is 3.90. The molecule has 0 aromatic heterocycles. The third-order valence-electron chi connectivity index (χ3n) is 1.55. The van der Waals surface area contributed by atoms with Gasteiger partial charge in [-0.3, -0.25) is 14.9 Å². The van der Waals surface area contributed by atoms with Gasteiger partial charge in [0.25, 0.3) is 0 Å². The second-order valence-electron chi connectivity index (χ2n) is 2.55. The van der Waals surface area contributed by atoms with E-state index in [1.165, 1.54) is 0 Å². The van der Waals surface area contributed by atoms with E-state index < -0.39 is 11.9 Å². The summed E-state index contributed by atoms with van der Waals surface area (Å²) >= 11 is 0. The van der Waals surface area contributed by atoms with Crippen LogP contribution in [0.15, 0.2) is 0 Å². The van der Waals surface area contributed by atoms with Crippen LogP contribution in [0.1, 0.15) is 20.3 Å². The van der Waals surface area contributed by atoms with Crippen LogP contribution >= 0.6 is 0 Å². The van der Waals surface area contributed by atoms with E-state index in [1.54, 1.807) is 6.92 Å².